The van der Waals surface area contributed by atoms with Crippen LogP contribution in [0.25, 0.3) is 6.08 Å². The lowest BCUT2D eigenvalue weighted by Gasteiger charge is -2.09. The van der Waals surface area contributed by atoms with Gasteiger partial charge in [-0.1, -0.05) is 12.7 Å². The maximum Gasteiger partial charge on any atom is 0.328 e. The molecule has 5 nitrogen and oxygen atoms in total. The van der Waals surface area contributed by atoms with Gasteiger partial charge < -0.3 is 10.1 Å². The molecule has 0 bridgehead atoms. The second-order valence-electron chi connectivity index (χ2n) is 4.27. The number of carbonyl (C=O) groups is 2. The van der Waals surface area contributed by atoms with E-state index in [1.807, 2.05) is 0 Å². The van der Waals surface area contributed by atoms with Crippen LogP contribution in [-0.4, -0.2) is 30.5 Å². The number of carbonyl (C=O) groups excluding carboxylic acids is 2. The lowest BCUT2D eigenvalue weighted by Crippen LogP contribution is -2.25. The van der Waals surface area contributed by atoms with Crippen LogP contribution in [0.15, 0.2) is 39.4 Å². The SMILES string of the molecule is C=CCOc1c(Br)cc(/C=C2\NC(=O)N(C)C2=O)cc1Br. The lowest BCUT2D eigenvalue weighted by molar-refractivity contribution is -0.121. The molecule has 0 aromatic heterocycles. The molecule has 0 atom stereocenters. The quantitative estimate of drug-likeness (QED) is 0.466. The van der Waals surface area contributed by atoms with Gasteiger partial charge in [0.1, 0.15) is 18.1 Å². The number of imide groups is 1. The van der Waals surface area contributed by atoms with Crippen LogP contribution in [0.4, 0.5) is 4.79 Å². The summed E-state index contributed by atoms with van der Waals surface area (Å²) >= 11 is 6.83. The minimum atomic E-state index is -0.435. The lowest BCUT2D eigenvalue weighted by atomic mass is 10.2. The number of halogens is 2. The van der Waals surface area contributed by atoms with Crippen molar-refractivity contribution in [1.29, 1.82) is 0 Å². The fourth-order valence-electron chi connectivity index (χ4n) is 1.73. The summed E-state index contributed by atoms with van der Waals surface area (Å²) in [7, 11) is 1.43. The Morgan fingerprint density at radius 1 is 1.33 bits per heavy atom. The normalized spacial score (nSPS) is 16.3. The van der Waals surface area contributed by atoms with Crippen LogP contribution in [0, 0.1) is 0 Å². The van der Waals surface area contributed by atoms with Crippen molar-refractivity contribution in [3.63, 3.8) is 0 Å². The summed E-state index contributed by atoms with van der Waals surface area (Å²) < 4.78 is 6.98. The highest BCUT2D eigenvalue weighted by atomic mass is 79.9. The molecular weight excluding hydrogens is 404 g/mol. The topological polar surface area (TPSA) is 58.6 Å². The molecular formula is C14H12Br2N2O3. The Kier molecular flexibility index (Phi) is 4.84. The van der Waals surface area contributed by atoms with Crippen LogP contribution in [0.5, 0.6) is 5.75 Å². The molecule has 3 amide bonds. The first-order valence-corrected chi connectivity index (χ1v) is 7.56. The van der Waals surface area contributed by atoms with Crippen LogP contribution < -0.4 is 10.1 Å². The monoisotopic (exact) mass is 414 g/mol. The van der Waals surface area contributed by atoms with Crippen LogP contribution in [0.3, 0.4) is 0 Å². The Balaban J connectivity index is 2.32. The highest BCUT2D eigenvalue weighted by Gasteiger charge is 2.30. The molecule has 0 spiro atoms. The third kappa shape index (κ3) is 3.36. The zero-order chi connectivity index (χ0) is 15.6. The molecule has 1 aromatic rings. The molecule has 0 aliphatic carbocycles. The highest BCUT2D eigenvalue weighted by molar-refractivity contribution is 9.11. The molecule has 1 fully saturated rings. The van der Waals surface area contributed by atoms with Crippen molar-refractivity contribution in [2.24, 2.45) is 0 Å². The Bertz CT molecular complexity index is 633. The van der Waals surface area contributed by atoms with E-state index in [1.54, 1.807) is 24.3 Å². The number of rotatable bonds is 4. The van der Waals surface area contributed by atoms with Crippen molar-refractivity contribution >= 4 is 49.9 Å². The first-order valence-electron chi connectivity index (χ1n) is 5.97. The first kappa shape index (κ1) is 15.8. The number of benzene rings is 1. The van der Waals surface area contributed by atoms with Crippen molar-refractivity contribution in [3.8, 4) is 5.75 Å². The molecule has 1 aliphatic heterocycles. The maximum absolute atomic E-state index is 11.8. The molecule has 110 valence electrons. The molecule has 2 rings (SSSR count). The molecule has 1 saturated heterocycles. The van der Waals surface area contributed by atoms with E-state index in [4.69, 9.17) is 4.74 Å². The van der Waals surface area contributed by atoms with E-state index in [0.29, 0.717) is 12.4 Å². The third-order valence-electron chi connectivity index (χ3n) is 2.76. The average molecular weight is 416 g/mol. The zero-order valence-corrected chi connectivity index (χ0v) is 14.3. The minimum absolute atomic E-state index is 0.237. The van der Waals surface area contributed by atoms with Gasteiger partial charge in [0.15, 0.2) is 0 Å². The van der Waals surface area contributed by atoms with Crippen molar-refractivity contribution in [3.05, 3.63) is 45.0 Å². The van der Waals surface area contributed by atoms with E-state index in [-0.39, 0.29) is 11.6 Å². The molecule has 1 heterocycles. The highest BCUT2D eigenvalue weighted by Crippen LogP contribution is 2.35. The largest absolute Gasteiger partial charge is 0.487 e. The molecule has 0 unspecified atom stereocenters. The summed E-state index contributed by atoms with van der Waals surface area (Å²) in [6, 6.07) is 3.16. The second-order valence-corrected chi connectivity index (χ2v) is 5.97. The molecule has 21 heavy (non-hydrogen) atoms. The molecule has 1 N–H and O–H groups in total. The number of amides is 3. The number of ether oxygens (including phenoxy) is 1. The van der Waals surface area contributed by atoms with Gasteiger partial charge in [-0.2, -0.15) is 0 Å². The summed E-state index contributed by atoms with van der Waals surface area (Å²) in [5.74, 6) is 0.287. The number of nitrogens with one attached hydrogen (secondary N) is 1. The zero-order valence-electron chi connectivity index (χ0n) is 11.2. The smallest absolute Gasteiger partial charge is 0.328 e. The summed E-state index contributed by atoms with van der Waals surface area (Å²) in [6.45, 7) is 3.98. The first-order chi connectivity index (χ1) is 9.93. The standard InChI is InChI=1S/C14H12Br2N2O3/c1-3-4-21-12-9(15)5-8(6-10(12)16)7-11-13(19)18(2)14(20)17-11/h3,5-7H,1,4H2,2H3,(H,17,20)/b11-7-. The fraction of sp³-hybridized carbons (Fsp3) is 0.143. The minimum Gasteiger partial charge on any atom is -0.487 e. The summed E-state index contributed by atoms with van der Waals surface area (Å²) in [5.41, 5.74) is 0.986. The van der Waals surface area contributed by atoms with E-state index in [2.05, 4.69) is 43.8 Å². The van der Waals surface area contributed by atoms with Gasteiger partial charge >= 0.3 is 6.03 Å². The number of nitrogens with zero attached hydrogens (tertiary/aromatic N) is 1. The molecule has 1 aliphatic rings. The molecule has 0 saturated carbocycles. The summed E-state index contributed by atoms with van der Waals surface area (Å²) in [4.78, 5) is 24.2. The van der Waals surface area contributed by atoms with Crippen molar-refractivity contribution in [2.45, 2.75) is 0 Å². The number of likely N-dealkylation sites (N-methyl/N-ethyl adjacent to an activating group) is 1. The Morgan fingerprint density at radius 2 is 1.95 bits per heavy atom. The van der Waals surface area contributed by atoms with Crippen molar-refractivity contribution in [2.75, 3.05) is 13.7 Å². The Labute approximate surface area is 138 Å². The van der Waals surface area contributed by atoms with Gasteiger partial charge in [0.25, 0.3) is 5.91 Å². The van der Waals surface area contributed by atoms with E-state index in [9.17, 15) is 9.59 Å². The van der Waals surface area contributed by atoms with Gasteiger partial charge in [-0.3, -0.25) is 9.69 Å². The Morgan fingerprint density at radius 3 is 2.43 bits per heavy atom. The van der Waals surface area contributed by atoms with E-state index < -0.39 is 6.03 Å². The number of hydrogen-bond acceptors (Lipinski definition) is 3. The van der Waals surface area contributed by atoms with Gasteiger partial charge in [0.2, 0.25) is 0 Å². The predicted molar refractivity (Wildman–Crippen MR) is 86.8 cm³/mol. The molecule has 7 heteroatoms. The van der Waals surface area contributed by atoms with E-state index in [1.165, 1.54) is 7.05 Å². The summed E-state index contributed by atoms with van der Waals surface area (Å²) in [5, 5.41) is 2.51. The molecule has 0 radical (unpaired) electrons. The maximum atomic E-state index is 11.8. The van der Waals surface area contributed by atoms with Crippen molar-refractivity contribution < 1.29 is 14.3 Å². The van der Waals surface area contributed by atoms with E-state index >= 15 is 0 Å². The number of hydrogen-bond donors (Lipinski definition) is 1. The number of urea groups is 1. The van der Waals surface area contributed by atoms with Crippen LogP contribution >= 0.6 is 31.9 Å². The van der Waals surface area contributed by atoms with Gasteiger partial charge in [-0.15, -0.1) is 0 Å². The van der Waals surface area contributed by atoms with E-state index in [0.717, 1.165) is 19.4 Å². The second kappa shape index (κ2) is 6.44. The fourth-order valence-corrected chi connectivity index (χ4v) is 3.18. The third-order valence-corrected chi connectivity index (χ3v) is 3.94. The summed E-state index contributed by atoms with van der Waals surface area (Å²) in [6.07, 6.45) is 3.26. The van der Waals surface area contributed by atoms with Crippen LogP contribution in [-0.2, 0) is 4.79 Å². The average Bonchev–Trinajstić information content (AvgIpc) is 2.65. The van der Waals surface area contributed by atoms with Crippen LogP contribution in [0.1, 0.15) is 5.56 Å². The van der Waals surface area contributed by atoms with Crippen molar-refractivity contribution in [1.82, 2.24) is 10.2 Å². The van der Waals surface area contributed by atoms with Crippen LogP contribution in [0.2, 0.25) is 0 Å². The van der Waals surface area contributed by atoms with Gasteiger partial charge in [-0.25, -0.2) is 4.79 Å². The van der Waals surface area contributed by atoms with Gasteiger partial charge in [0.05, 0.1) is 8.95 Å². The van der Waals surface area contributed by atoms with Gasteiger partial charge in [0, 0.05) is 7.05 Å². The molecule has 1 aromatic carbocycles. The van der Waals surface area contributed by atoms with Gasteiger partial charge in [-0.05, 0) is 55.6 Å². The Hall–Kier alpha value is -1.60. The predicted octanol–water partition coefficient (Wildman–Crippen LogP) is 3.30.